The first kappa shape index (κ1) is 14.9. The molecule has 0 saturated carbocycles. The summed E-state index contributed by atoms with van der Waals surface area (Å²) in [5.41, 5.74) is 7.56. The van der Waals surface area contributed by atoms with Gasteiger partial charge in [-0.15, -0.1) is 0 Å². The van der Waals surface area contributed by atoms with Crippen molar-refractivity contribution >= 4 is 11.7 Å². The molecule has 4 heteroatoms. The van der Waals surface area contributed by atoms with E-state index in [4.69, 9.17) is 15.2 Å². The van der Waals surface area contributed by atoms with Crippen LogP contribution in [0.3, 0.4) is 0 Å². The monoisotopic (exact) mass is 285 g/mol. The number of carbonyl (C=O) groups is 1. The lowest BCUT2D eigenvalue weighted by molar-refractivity contribution is 0.0601. The third-order valence-corrected chi connectivity index (χ3v) is 3.20. The average molecular weight is 285 g/mol. The highest BCUT2D eigenvalue weighted by Gasteiger charge is 2.13. The molecule has 0 aliphatic heterocycles. The van der Waals surface area contributed by atoms with Gasteiger partial charge in [-0.2, -0.15) is 0 Å². The molecule has 0 spiro atoms. The highest BCUT2D eigenvalue weighted by molar-refractivity contribution is 5.95. The summed E-state index contributed by atoms with van der Waals surface area (Å²) in [4.78, 5) is 11.7. The van der Waals surface area contributed by atoms with E-state index in [0.29, 0.717) is 22.9 Å². The fraction of sp³-hybridized carbons (Fsp3) is 0.235. The predicted molar refractivity (Wildman–Crippen MR) is 82.8 cm³/mol. The van der Waals surface area contributed by atoms with E-state index < -0.39 is 5.97 Å². The number of ether oxygens (including phenoxy) is 2. The number of benzene rings is 2. The Kier molecular flexibility index (Phi) is 4.48. The van der Waals surface area contributed by atoms with Crippen LogP contribution in [0.15, 0.2) is 42.5 Å². The third kappa shape index (κ3) is 3.34. The molecule has 2 rings (SSSR count). The van der Waals surface area contributed by atoms with Crippen molar-refractivity contribution in [1.29, 1.82) is 0 Å². The molecule has 4 nitrogen and oxygen atoms in total. The van der Waals surface area contributed by atoms with Crippen LogP contribution in [0, 0.1) is 0 Å². The first-order valence-corrected chi connectivity index (χ1v) is 6.77. The van der Waals surface area contributed by atoms with Gasteiger partial charge in [-0.05, 0) is 35.7 Å². The summed E-state index contributed by atoms with van der Waals surface area (Å²) in [6.45, 7) is 4.20. The van der Waals surface area contributed by atoms with Gasteiger partial charge in [-0.25, -0.2) is 4.79 Å². The van der Waals surface area contributed by atoms with Gasteiger partial charge in [0.25, 0.3) is 0 Å². The SMILES string of the molecule is COC(=O)c1cc(Oc2ccccc2C(C)C)ccc1N. The predicted octanol–water partition coefficient (Wildman–Crippen LogP) is 3.97. The first-order valence-electron chi connectivity index (χ1n) is 6.77. The maximum absolute atomic E-state index is 11.7. The minimum atomic E-state index is -0.477. The molecule has 0 radical (unpaired) electrons. The molecule has 0 amide bonds. The Morgan fingerprint density at radius 3 is 2.52 bits per heavy atom. The zero-order chi connectivity index (χ0) is 15.4. The van der Waals surface area contributed by atoms with Gasteiger partial charge in [0, 0.05) is 5.69 Å². The average Bonchev–Trinajstić information content (AvgIpc) is 2.48. The summed E-state index contributed by atoms with van der Waals surface area (Å²) in [5.74, 6) is 1.19. The number of nitrogens with two attached hydrogens (primary N) is 1. The molecule has 0 aliphatic carbocycles. The van der Waals surface area contributed by atoms with Crippen LogP contribution in [0.2, 0.25) is 0 Å². The van der Waals surface area contributed by atoms with Gasteiger partial charge in [-0.1, -0.05) is 32.0 Å². The number of nitrogen functional groups attached to an aromatic ring is 1. The number of hydrogen-bond donors (Lipinski definition) is 1. The quantitative estimate of drug-likeness (QED) is 0.682. The molecular formula is C17H19NO3. The van der Waals surface area contributed by atoms with Gasteiger partial charge in [0.05, 0.1) is 12.7 Å². The van der Waals surface area contributed by atoms with Crippen LogP contribution in [-0.4, -0.2) is 13.1 Å². The Hall–Kier alpha value is -2.49. The number of methoxy groups -OCH3 is 1. The Morgan fingerprint density at radius 1 is 1.14 bits per heavy atom. The van der Waals surface area contributed by atoms with E-state index in [2.05, 4.69) is 13.8 Å². The molecule has 0 atom stereocenters. The topological polar surface area (TPSA) is 61.5 Å². The maximum Gasteiger partial charge on any atom is 0.340 e. The van der Waals surface area contributed by atoms with E-state index >= 15 is 0 Å². The smallest absolute Gasteiger partial charge is 0.340 e. The molecule has 0 fully saturated rings. The van der Waals surface area contributed by atoms with Crippen molar-refractivity contribution in [2.75, 3.05) is 12.8 Å². The molecule has 0 saturated heterocycles. The van der Waals surface area contributed by atoms with Gasteiger partial charge in [-0.3, -0.25) is 0 Å². The van der Waals surface area contributed by atoms with E-state index in [1.165, 1.54) is 7.11 Å². The first-order chi connectivity index (χ1) is 10.0. The number of para-hydroxylation sites is 1. The van der Waals surface area contributed by atoms with E-state index in [1.807, 2.05) is 24.3 Å². The van der Waals surface area contributed by atoms with Gasteiger partial charge in [0.15, 0.2) is 0 Å². The zero-order valence-corrected chi connectivity index (χ0v) is 12.4. The molecule has 2 aromatic carbocycles. The second kappa shape index (κ2) is 6.31. The summed E-state index contributed by atoms with van der Waals surface area (Å²) in [5, 5.41) is 0. The van der Waals surface area contributed by atoms with Crippen LogP contribution in [0.4, 0.5) is 5.69 Å². The summed E-state index contributed by atoms with van der Waals surface area (Å²) in [6.07, 6.45) is 0. The summed E-state index contributed by atoms with van der Waals surface area (Å²) in [7, 11) is 1.32. The summed E-state index contributed by atoms with van der Waals surface area (Å²) < 4.78 is 10.6. The number of carbonyl (C=O) groups excluding carboxylic acids is 1. The molecule has 0 aliphatic rings. The van der Waals surface area contributed by atoms with E-state index in [1.54, 1.807) is 18.2 Å². The van der Waals surface area contributed by atoms with Gasteiger partial charge >= 0.3 is 5.97 Å². The lowest BCUT2D eigenvalue weighted by Crippen LogP contribution is -2.05. The van der Waals surface area contributed by atoms with Gasteiger partial charge < -0.3 is 15.2 Å². The minimum absolute atomic E-state index is 0.303. The molecule has 0 bridgehead atoms. The number of anilines is 1. The Balaban J connectivity index is 2.35. The number of hydrogen-bond acceptors (Lipinski definition) is 4. The Labute approximate surface area is 124 Å². The minimum Gasteiger partial charge on any atom is -0.465 e. The van der Waals surface area contributed by atoms with Crippen LogP contribution < -0.4 is 10.5 Å². The molecule has 21 heavy (non-hydrogen) atoms. The van der Waals surface area contributed by atoms with Crippen molar-refractivity contribution in [2.24, 2.45) is 0 Å². The van der Waals surface area contributed by atoms with Crippen molar-refractivity contribution in [3.8, 4) is 11.5 Å². The zero-order valence-electron chi connectivity index (χ0n) is 12.4. The lowest BCUT2D eigenvalue weighted by Gasteiger charge is -2.14. The standard InChI is InChI=1S/C17H19NO3/c1-11(2)13-6-4-5-7-16(13)21-12-8-9-15(18)14(10-12)17(19)20-3/h4-11H,18H2,1-3H3. The van der Waals surface area contributed by atoms with Crippen molar-refractivity contribution < 1.29 is 14.3 Å². The van der Waals surface area contributed by atoms with Gasteiger partial charge in [0.2, 0.25) is 0 Å². The maximum atomic E-state index is 11.7. The number of rotatable bonds is 4. The van der Waals surface area contributed by atoms with Crippen molar-refractivity contribution in [3.63, 3.8) is 0 Å². The molecule has 2 N–H and O–H groups in total. The third-order valence-electron chi connectivity index (χ3n) is 3.20. The lowest BCUT2D eigenvalue weighted by atomic mass is 10.0. The van der Waals surface area contributed by atoms with Crippen LogP contribution in [-0.2, 0) is 4.74 Å². The van der Waals surface area contributed by atoms with Crippen LogP contribution in [0.1, 0.15) is 35.7 Å². The summed E-state index contributed by atoms with van der Waals surface area (Å²) >= 11 is 0. The van der Waals surface area contributed by atoms with Crippen LogP contribution in [0.25, 0.3) is 0 Å². The Morgan fingerprint density at radius 2 is 1.86 bits per heavy atom. The molecule has 110 valence electrons. The van der Waals surface area contributed by atoms with Crippen molar-refractivity contribution in [1.82, 2.24) is 0 Å². The van der Waals surface area contributed by atoms with Crippen LogP contribution >= 0.6 is 0 Å². The van der Waals surface area contributed by atoms with Gasteiger partial charge in [0.1, 0.15) is 11.5 Å². The summed E-state index contributed by atoms with van der Waals surface area (Å²) in [6, 6.07) is 12.8. The molecule has 2 aromatic rings. The van der Waals surface area contributed by atoms with E-state index in [9.17, 15) is 4.79 Å². The van der Waals surface area contributed by atoms with Crippen molar-refractivity contribution in [3.05, 3.63) is 53.6 Å². The van der Waals surface area contributed by atoms with E-state index in [-0.39, 0.29) is 0 Å². The normalized spacial score (nSPS) is 10.5. The fourth-order valence-electron chi connectivity index (χ4n) is 2.06. The highest BCUT2D eigenvalue weighted by Crippen LogP contribution is 2.31. The largest absolute Gasteiger partial charge is 0.465 e. The Bertz CT molecular complexity index is 650. The highest BCUT2D eigenvalue weighted by atomic mass is 16.5. The van der Waals surface area contributed by atoms with E-state index in [0.717, 1.165) is 11.3 Å². The van der Waals surface area contributed by atoms with Crippen molar-refractivity contribution in [2.45, 2.75) is 19.8 Å². The number of esters is 1. The fourth-order valence-corrected chi connectivity index (χ4v) is 2.06. The molecule has 0 unspecified atom stereocenters. The second-order valence-electron chi connectivity index (χ2n) is 5.04. The molecular weight excluding hydrogens is 266 g/mol. The molecule has 0 heterocycles. The molecule has 0 aromatic heterocycles. The van der Waals surface area contributed by atoms with Crippen LogP contribution in [0.5, 0.6) is 11.5 Å². The second-order valence-corrected chi connectivity index (χ2v) is 5.04.